The molecule has 1 saturated heterocycles. The van der Waals surface area contributed by atoms with Gasteiger partial charge in [0.2, 0.25) is 0 Å². The molecule has 186 valence electrons. The van der Waals surface area contributed by atoms with Crippen molar-refractivity contribution < 1.29 is 19.4 Å². The highest BCUT2D eigenvalue weighted by atomic mass is 32.1. The molecular formula is C30H26N2O4S. The number of carbonyl (C=O) groups excluding carboxylic acids is 2. The van der Waals surface area contributed by atoms with Crippen molar-refractivity contribution in [2.45, 2.75) is 46.3 Å². The molecule has 0 bridgehead atoms. The predicted octanol–water partition coefficient (Wildman–Crippen LogP) is 6.17. The molecule has 3 heterocycles. The summed E-state index contributed by atoms with van der Waals surface area (Å²) < 4.78 is 6.74. The van der Waals surface area contributed by atoms with E-state index in [1.807, 2.05) is 70.2 Å². The second kappa shape index (κ2) is 8.56. The van der Waals surface area contributed by atoms with Crippen molar-refractivity contribution in [2.24, 2.45) is 0 Å². The van der Waals surface area contributed by atoms with E-state index in [2.05, 4.69) is 6.07 Å². The maximum Gasteiger partial charge on any atom is 0.301 e. The van der Waals surface area contributed by atoms with Crippen molar-refractivity contribution in [3.63, 3.8) is 0 Å². The number of anilines is 1. The number of Topliss-reactive ketones (excluding diaryl/α,β-unsaturated/α-hetero) is 1. The van der Waals surface area contributed by atoms with Crippen molar-refractivity contribution in [2.75, 3.05) is 4.90 Å². The number of aliphatic hydroxyl groups excluding tert-OH is 1. The van der Waals surface area contributed by atoms with Crippen LogP contribution in [-0.2, 0) is 16.0 Å². The fourth-order valence-corrected chi connectivity index (χ4v) is 6.45. The molecule has 0 unspecified atom stereocenters. The number of aromatic nitrogens is 1. The fourth-order valence-electron chi connectivity index (χ4n) is 5.28. The Kier molecular flexibility index (Phi) is 5.42. The number of ketones is 1. The smallest absolute Gasteiger partial charge is 0.301 e. The Morgan fingerprint density at radius 2 is 1.78 bits per heavy atom. The molecule has 0 spiro atoms. The third kappa shape index (κ3) is 3.81. The normalized spacial score (nSPS) is 20.5. The average Bonchev–Trinajstić information content (AvgIpc) is 3.52. The number of thiazole rings is 1. The van der Waals surface area contributed by atoms with Gasteiger partial charge in [0.25, 0.3) is 5.78 Å². The van der Waals surface area contributed by atoms with Crippen molar-refractivity contribution in [3.8, 4) is 5.75 Å². The Hall–Kier alpha value is -3.97. The Balaban J connectivity index is 1.54. The predicted molar refractivity (Wildman–Crippen MR) is 145 cm³/mol. The van der Waals surface area contributed by atoms with Gasteiger partial charge in [-0.15, -0.1) is 0 Å². The molecule has 2 atom stereocenters. The lowest BCUT2D eigenvalue weighted by Gasteiger charge is -2.23. The molecule has 6 nitrogen and oxygen atoms in total. The Labute approximate surface area is 218 Å². The lowest BCUT2D eigenvalue weighted by Crippen LogP contribution is -2.29. The molecule has 0 radical (unpaired) electrons. The van der Waals surface area contributed by atoms with Gasteiger partial charge in [-0.2, -0.15) is 0 Å². The quantitative estimate of drug-likeness (QED) is 0.203. The van der Waals surface area contributed by atoms with Crippen molar-refractivity contribution in [3.05, 3.63) is 93.6 Å². The van der Waals surface area contributed by atoms with E-state index in [0.29, 0.717) is 10.7 Å². The molecule has 37 heavy (non-hydrogen) atoms. The number of amides is 1. The number of hydrogen-bond donors (Lipinski definition) is 1. The second-order valence-electron chi connectivity index (χ2n) is 9.96. The largest absolute Gasteiger partial charge is 0.507 e. The molecule has 2 aliphatic rings. The van der Waals surface area contributed by atoms with Crippen molar-refractivity contribution in [1.29, 1.82) is 0 Å². The number of carbonyl (C=O) groups is 2. The zero-order valence-electron chi connectivity index (χ0n) is 21.0. The average molecular weight is 511 g/mol. The summed E-state index contributed by atoms with van der Waals surface area (Å²) >= 11 is 1.38. The van der Waals surface area contributed by atoms with Crippen LogP contribution in [0.4, 0.5) is 5.13 Å². The first-order valence-corrected chi connectivity index (χ1v) is 13.1. The summed E-state index contributed by atoms with van der Waals surface area (Å²) in [6.07, 6.45) is 0.771. The van der Waals surface area contributed by atoms with Crippen LogP contribution in [0, 0.1) is 20.8 Å². The molecule has 1 fully saturated rings. The number of nitrogens with zero attached hydrogens (tertiary/aromatic N) is 2. The Morgan fingerprint density at radius 1 is 1.03 bits per heavy atom. The lowest BCUT2D eigenvalue weighted by atomic mass is 9.94. The minimum atomic E-state index is -0.800. The number of hydrogen-bond acceptors (Lipinski definition) is 6. The minimum Gasteiger partial charge on any atom is -0.507 e. The van der Waals surface area contributed by atoms with Crippen LogP contribution in [0.3, 0.4) is 0 Å². The fraction of sp³-hybridized carbons (Fsp3) is 0.233. The molecule has 1 aromatic heterocycles. The highest BCUT2D eigenvalue weighted by Gasteiger charge is 2.48. The van der Waals surface area contributed by atoms with Gasteiger partial charge in [-0.25, -0.2) is 4.98 Å². The Bertz CT molecular complexity index is 1630. The summed E-state index contributed by atoms with van der Waals surface area (Å²) in [7, 11) is 0. The van der Waals surface area contributed by atoms with Crippen LogP contribution in [0.15, 0.2) is 60.2 Å². The third-order valence-corrected chi connectivity index (χ3v) is 8.03. The maximum absolute atomic E-state index is 13.5. The summed E-state index contributed by atoms with van der Waals surface area (Å²) in [4.78, 5) is 33.3. The van der Waals surface area contributed by atoms with Crippen LogP contribution in [0.1, 0.15) is 46.3 Å². The SMILES string of the molecule is Cc1ccc([C@@H]2C(=C(O)c3ccc4c(c3)C[C@H](C)O4)C(=O)C(=O)N2c2nc3c(C)cc(C)cc3s2)cc1. The maximum atomic E-state index is 13.5. The zero-order valence-corrected chi connectivity index (χ0v) is 21.8. The first-order chi connectivity index (χ1) is 17.7. The summed E-state index contributed by atoms with van der Waals surface area (Å²) in [5, 5.41) is 11.9. The van der Waals surface area contributed by atoms with Crippen LogP contribution in [0.25, 0.3) is 16.0 Å². The molecule has 1 N–H and O–H groups in total. The highest BCUT2D eigenvalue weighted by molar-refractivity contribution is 7.22. The third-order valence-electron chi connectivity index (χ3n) is 7.03. The van der Waals surface area contributed by atoms with Crippen LogP contribution >= 0.6 is 11.3 Å². The monoisotopic (exact) mass is 510 g/mol. The van der Waals surface area contributed by atoms with E-state index >= 15 is 0 Å². The zero-order chi connectivity index (χ0) is 26.0. The molecule has 1 amide bonds. The van der Waals surface area contributed by atoms with Gasteiger partial charge in [0.15, 0.2) is 5.13 Å². The van der Waals surface area contributed by atoms with E-state index in [4.69, 9.17) is 9.72 Å². The molecule has 7 heteroatoms. The summed E-state index contributed by atoms with van der Waals surface area (Å²) in [5.74, 6) is -0.833. The van der Waals surface area contributed by atoms with Crippen molar-refractivity contribution >= 4 is 44.1 Å². The molecule has 4 aromatic rings. The van der Waals surface area contributed by atoms with Gasteiger partial charge in [-0.05, 0) is 74.2 Å². The van der Waals surface area contributed by atoms with Crippen LogP contribution in [-0.4, -0.2) is 27.9 Å². The second-order valence-corrected chi connectivity index (χ2v) is 11.0. The van der Waals surface area contributed by atoms with Gasteiger partial charge < -0.3 is 9.84 Å². The van der Waals surface area contributed by atoms with Gasteiger partial charge in [-0.1, -0.05) is 47.2 Å². The standard InChI is InChI=1S/C30H26N2O4S/c1-15-5-7-19(8-6-15)26-24(27(33)20-9-10-22-21(14-20)13-18(4)36-22)28(34)29(35)32(26)30-31-25-17(3)11-16(2)12-23(25)37-30/h5-12,14,18,26,33H,13H2,1-4H3/t18-,26+/m0/s1. The first-order valence-electron chi connectivity index (χ1n) is 12.3. The number of aryl methyl sites for hydroxylation is 3. The highest BCUT2D eigenvalue weighted by Crippen LogP contribution is 2.45. The van der Waals surface area contributed by atoms with E-state index in [0.717, 1.165) is 50.2 Å². The summed E-state index contributed by atoms with van der Waals surface area (Å²) in [6, 6.07) is 16.3. The summed E-state index contributed by atoms with van der Waals surface area (Å²) in [6.45, 7) is 7.98. The van der Waals surface area contributed by atoms with Crippen LogP contribution < -0.4 is 9.64 Å². The molecule has 3 aromatic carbocycles. The first kappa shape index (κ1) is 23.4. The van der Waals surface area contributed by atoms with E-state index in [9.17, 15) is 14.7 Å². The van der Waals surface area contributed by atoms with E-state index < -0.39 is 17.7 Å². The lowest BCUT2D eigenvalue weighted by molar-refractivity contribution is -0.132. The summed E-state index contributed by atoms with van der Waals surface area (Å²) in [5.41, 5.74) is 6.23. The topological polar surface area (TPSA) is 79.7 Å². The number of rotatable bonds is 3. The number of aliphatic hydroxyl groups is 1. The van der Waals surface area contributed by atoms with Gasteiger partial charge in [0.1, 0.15) is 17.6 Å². The van der Waals surface area contributed by atoms with Gasteiger partial charge >= 0.3 is 5.91 Å². The minimum absolute atomic E-state index is 0.0525. The van der Waals surface area contributed by atoms with Gasteiger partial charge in [-0.3, -0.25) is 14.5 Å². The molecule has 2 aliphatic heterocycles. The van der Waals surface area contributed by atoms with E-state index in [-0.39, 0.29) is 17.4 Å². The molecule has 0 aliphatic carbocycles. The Morgan fingerprint density at radius 3 is 2.54 bits per heavy atom. The van der Waals surface area contributed by atoms with Gasteiger partial charge in [0, 0.05) is 12.0 Å². The molecular weight excluding hydrogens is 484 g/mol. The van der Waals surface area contributed by atoms with Crippen LogP contribution in [0.2, 0.25) is 0 Å². The molecule has 6 rings (SSSR count). The molecule has 0 saturated carbocycles. The number of ether oxygens (including phenoxy) is 1. The number of fused-ring (bicyclic) bond motifs is 2. The van der Waals surface area contributed by atoms with E-state index in [1.165, 1.54) is 16.2 Å². The van der Waals surface area contributed by atoms with E-state index in [1.54, 1.807) is 6.07 Å². The van der Waals surface area contributed by atoms with Crippen LogP contribution in [0.5, 0.6) is 5.75 Å². The van der Waals surface area contributed by atoms with Crippen molar-refractivity contribution in [1.82, 2.24) is 4.98 Å². The number of benzene rings is 3. The van der Waals surface area contributed by atoms with Gasteiger partial charge in [0.05, 0.1) is 21.8 Å².